The number of piperidine rings is 1. The van der Waals surface area contributed by atoms with E-state index in [1.807, 2.05) is 24.3 Å². The maximum absolute atomic E-state index is 13.2. The van der Waals surface area contributed by atoms with Crippen LogP contribution in [-0.4, -0.2) is 46.8 Å². The first-order valence-electron chi connectivity index (χ1n) is 11.4. The second-order valence-corrected chi connectivity index (χ2v) is 10.7. The number of sulfonamides is 1. The summed E-state index contributed by atoms with van der Waals surface area (Å²) in [6.45, 7) is 7.96. The molecule has 1 aromatic carbocycles. The van der Waals surface area contributed by atoms with E-state index in [1.54, 1.807) is 13.8 Å². The van der Waals surface area contributed by atoms with Crippen molar-refractivity contribution in [1.82, 2.24) is 24.7 Å². The lowest BCUT2D eigenvalue weighted by atomic mass is 9.94. The Kier molecular flexibility index (Phi) is 6.58. The predicted molar refractivity (Wildman–Crippen MR) is 124 cm³/mol. The maximum Gasteiger partial charge on any atom is 0.248 e. The molecule has 1 aliphatic heterocycles. The van der Waals surface area contributed by atoms with Crippen LogP contribution in [0, 0.1) is 25.7 Å². The van der Waals surface area contributed by atoms with Crippen LogP contribution in [-0.2, 0) is 14.8 Å². The number of imidazole rings is 1. The van der Waals surface area contributed by atoms with E-state index in [4.69, 9.17) is 9.51 Å². The molecule has 2 N–H and O–H groups in total. The van der Waals surface area contributed by atoms with E-state index >= 15 is 0 Å². The normalized spacial score (nSPS) is 17.8. The van der Waals surface area contributed by atoms with E-state index in [-0.39, 0.29) is 47.5 Å². The molecule has 9 nitrogen and oxygen atoms in total. The van der Waals surface area contributed by atoms with Gasteiger partial charge in [0.25, 0.3) is 0 Å². The first-order chi connectivity index (χ1) is 15.7. The number of aryl methyl sites for hydroxylation is 2. The summed E-state index contributed by atoms with van der Waals surface area (Å²) in [7, 11) is -3.70. The molecule has 0 radical (unpaired) electrons. The SMILES string of the molecule is CCC(C)C(NC(=O)C1CCN(S(=O)(=O)c2c(C)noc2C)CC1)c1nc2ccccc2[nH]1. The fourth-order valence-electron chi connectivity index (χ4n) is 4.44. The van der Waals surface area contributed by atoms with Crippen molar-refractivity contribution in [2.75, 3.05) is 13.1 Å². The van der Waals surface area contributed by atoms with Gasteiger partial charge in [0, 0.05) is 19.0 Å². The van der Waals surface area contributed by atoms with E-state index in [2.05, 4.69) is 29.3 Å². The van der Waals surface area contributed by atoms with Crippen molar-refractivity contribution in [3.05, 3.63) is 41.5 Å². The molecule has 2 unspecified atom stereocenters. The molecule has 3 heterocycles. The predicted octanol–water partition coefficient (Wildman–Crippen LogP) is 3.47. The molecule has 1 aliphatic rings. The monoisotopic (exact) mass is 473 g/mol. The van der Waals surface area contributed by atoms with Crippen molar-refractivity contribution in [2.45, 2.75) is 57.9 Å². The zero-order chi connectivity index (χ0) is 23.8. The number of carbonyl (C=O) groups excluding carboxylic acids is 1. The summed E-state index contributed by atoms with van der Waals surface area (Å²) in [5, 5.41) is 6.96. The molecule has 1 amide bonds. The molecule has 2 atom stereocenters. The van der Waals surface area contributed by atoms with Crippen LogP contribution >= 0.6 is 0 Å². The van der Waals surface area contributed by atoms with Crippen molar-refractivity contribution in [1.29, 1.82) is 0 Å². The first-order valence-corrected chi connectivity index (χ1v) is 12.8. The quantitative estimate of drug-likeness (QED) is 0.542. The molecule has 3 aromatic rings. The molecule has 33 heavy (non-hydrogen) atoms. The van der Waals surface area contributed by atoms with Crippen LogP contribution in [0.4, 0.5) is 0 Å². The molecule has 178 valence electrons. The average Bonchev–Trinajstić information content (AvgIpc) is 3.39. The van der Waals surface area contributed by atoms with Crippen molar-refractivity contribution in [2.24, 2.45) is 11.8 Å². The Bertz CT molecular complexity index is 1190. The van der Waals surface area contributed by atoms with Gasteiger partial charge in [-0.3, -0.25) is 4.79 Å². The molecule has 0 aliphatic carbocycles. The van der Waals surface area contributed by atoms with Gasteiger partial charge in [-0.25, -0.2) is 13.4 Å². The Morgan fingerprint density at radius 3 is 2.58 bits per heavy atom. The highest BCUT2D eigenvalue weighted by molar-refractivity contribution is 7.89. The number of amides is 1. The van der Waals surface area contributed by atoms with E-state index in [1.165, 1.54) is 4.31 Å². The third-order valence-electron chi connectivity index (χ3n) is 6.60. The highest BCUT2D eigenvalue weighted by Gasteiger charge is 2.36. The number of para-hydroxylation sites is 2. The number of nitrogens with zero attached hydrogens (tertiary/aromatic N) is 3. The summed E-state index contributed by atoms with van der Waals surface area (Å²) in [6.07, 6.45) is 1.81. The minimum Gasteiger partial charge on any atom is -0.360 e. The minimum absolute atomic E-state index is 0.0601. The average molecular weight is 474 g/mol. The minimum atomic E-state index is -3.70. The van der Waals surface area contributed by atoms with Gasteiger partial charge in [0.05, 0.1) is 17.1 Å². The molecular formula is C23H31N5O4S. The van der Waals surface area contributed by atoms with Gasteiger partial charge < -0.3 is 14.8 Å². The summed E-state index contributed by atoms with van der Waals surface area (Å²) >= 11 is 0. The van der Waals surface area contributed by atoms with Crippen LogP contribution in [0.2, 0.25) is 0 Å². The molecule has 1 fully saturated rings. The fourth-order valence-corrected chi connectivity index (χ4v) is 6.20. The largest absolute Gasteiger partial charge is 0.360 e. The Labute approximate surface area is 194 Å². The molecule has 0 bridgehead atoms. The summed E-state index contributed by atoms with van der Waals surface area (Å²) in [5.74, 6) is 0.911. The molecule has 0 saturated carbocycles. The van der Waals surface area contributed by atoms with E-state index in [9.17, 15) is 13.2 Å². The lowest BCUT2D eigenvalue weighted by Gasteiger charge is -2.32. The number of aromatic nitrogens is 3. The summed E-state index contributed by atoms with van der Waals surface area (Å²) in [5.41, 5.74) is 2.16. The van der Waals surface area contributed by atoms with Crippen molar-refractivity contribution in [3.8, 4) is 0 Å². The summed E-state index contributed by atoms with van der Waals surface area (Å²) in [4.78, 5) is 21.3. The van der Waals surface area contributed by atoms with Crippen molar-refractivity contribution in [3.63, 3.8) is 0 Å². The van der Waals surface area contributed by atoms with Gasteiger partial charge in [-0.15, -0.1) is 0 Å². The number of H-pyrrole nitrogens is 1. The van der Waals surface area contributed by atoms with Crippen LogP contribution in [0.3, 0.4) is 0 Å². The standard InChI is InChI=1S/C23H31N5O4S/c1-5-14(2)20(22-24-18-8-6-7-9-19(18)25-22)26-23(29)17-10-12-28(13-11-17)33(30,31)21-15(3)27-32-16(21)4/h6-9,14,17,20H,5,10-13H2,1-4H3,(H,24,25)(H,26,29). The van der Waals surface area contributed by atoms with Gasteiger partial charge >= 0.3 is 0 Å². The van der Waals surface area contributed by atoms with Gasteiger partial charge in [-0.1, -0.05) is 37.6 Å². The highest BCUT2D eigenvalue weighted by Crippen LogP contribution is 2.29. The number of hydrogen-bond acceptors (Lipinski definition) is 6. The molecule has 2 aromatic heterocycles. The van der Waals surface area contributed by atoms with Gasteiger partial charge in [-0.2, -0.15) is 4.31 Å². The molecule has 10 heteroatoms. The lowest BCUT2D eigenvalue weighted by Crippen LogP contribution is -2.44. The van der Waals surface area contributed by atoms with Crippen LogP contribution in [0.1, 0.15) is 56.4 Å². The second kappa shape index (κ2) is 9.26. The number of benzene rings is 1. The van der Waals surface area contributed by atoms with Gasteiger partial charge in [0.1, 0.15) is 16.4 Å². The number of rotatable bonds is 7. The molecule has 4 rings (SSSR count). The third kappa shape index (κ3) is 4.54. The second-order valence-electron chi connectivity index (χ2n) is 8.84. The van der Waals surface area contributed by atoms with Crippen LogP contribution in [0.15, 0.2) is 33.7 Å². The van der Waals surface area contributed by atoms with Gasteiger partial charge in [0.2, 0.25) is 15.9 Å². The van der Waals surface area contributed by atoms with E-state index in [0.717, 1.165) is 23.3 Å². The van der Waals surface area contributed by atoms with Gasteiger partial charge in [0.15, 0.2) is 5.76 Å². The zero-order valence-corrected chi connectivity index (χ0v) is 20.3. The molecule has 0 spiro atoms. The van der Waals surface area contributed by atoms with Crippen molar-refractivity contribution >= 4 is 27.0 Å². The summed E-state index contributed by atoms with van der Waals surface area (Å²) in [6, 6.07) is 7.56. The number of carbonyl (C=O) groups is 1. The number of hydrogen-bond donors (Lipinski definition) is 2. The number of nitrogens with one attached hydrogen (secondary N) is 2. The van der Waals surface area contributed by atoms with Gasteiger partial charge in [-0.05, 0) is 44.7 Å². The lowest BCUT2D eigenvalue weighted by molar-refractivity contribution is -0.127. The van der Waals surface area contributed by atoms with E-state index in [0.29, 0.717) is 18.5 Å². The van der Waals surface area contributed by atoms with E-state index < -0.39 is 10.0 Å². The highest BCUT2D eigenvalue weighted by atomic mass is 32.2. The third-order valence-corrected chi connectivity index (χ3v) is 8.75. The fraction of sp³-hybridized carbons (Fsp3) is 0.522. The first kappa shape index (κ1) is 23.4. The van der Waals surface area contributed by atoms with Crippen LogP contribution in [0.25, 0.3) is 11.0 Å². The van der Waals surface area contributed by atoms with Crippen LogP contribution < -0.4 is 5.32 Å². The van der Waals surface area contributed by atoms with Crippen molar-refractivity contribution < 1.29 is 17.7 Å². The smallest absolute Gasteiger partial charge is 0.248 e. The Hall–Kier alpha value is -2.72. The number of fused-ring (bicyclic) bond motifs is 1. The molecule has 1 saturated heterocycles. The number of aromatic amines is 1. The Morgan fingerprint density at radius 1 is 1.27 bits per heavy atom. The topological polar surface area (TPSA) is 121 Å². The zero-order valence-electron chi connectivity index (χ0n) is 19.5. The maximum atomic E-state index is 13.2. The summed E-state index contributed by atoms with van der Waals surface area (Å²) < 4.78 is 32.6. The Balaban J connectivity index is 1.45. The molecular weight excluding hydrogens is 442 g/mol. The Morgan fingerprint density at radius 2 is 1.97 bits per heavy atom. The van der Waals surface area contributed by atoms with Crippen LogP contribution in [0.5, 0.6) is 0 Å².